The number of nitrogens with one attached hydrogen (secondary N) is 1. The summed E-state index contributed by atoms with van der Waals surface area (Å²) in [5.74, 6) is -1.36. The Kier molecular flexibility index (Phi) is 4.48. The molecule has 0 aliphatic heterocycles. The number of rotatable bonds is 5. The SMILES string of the molecule is Cc1ccc([C@@H](C)NS(=O)(=O)C(C)C(=O)O)cc1. The number of hydrogen-bond donors (Lipinski definition) is 2. The van der Waals surface area contributed by atoms with Crippen molar-refractivity contribution in [1.82, 2.24) is 4.72 Å². The molecule has 0 amide bonds. The summed E-state index contributed by atoms with van der Waals surface area (Å²) in [6.07, 6.45) is 0. The van der Waals surface area contributed by atoms with Crippen LogP contribution in [0.5, 0.6) is 0 Å². The number of carboxylic acids is 1. The molecular formula is C12H17NO4S. The molecule has 0 aliphatic carbocycles. The largest absolute Gasteiger partial charge is 0.480 e. The maximum atomic E-state index is 11.7. The van der Waals surface area contributed by atoms with Gasteiger partial charge in [-0.1, -0.05) is 29.8 Å². The summed E-state index contributed by atoms with van der Waals surface area (Å²) >= 11 is 0. The van der Waals surface area contributed by atoms with Gasteiger partial charge in [-0.3, -0.25) is 4.79 Å². The number of carbonyl (C=O) groups is 1. The van der Waals surface area contributed by atoms with Crippen LogP contribution >= 0.6 is 0 Å². The molecule has 0 saturated heterocycles. The van der Waals surface area contributed by atoms with Crippen molar-refractivity contribution in [3.05, 3.63) is 35.4 Å². The standard InChI is InChI=1S/C12H17NO4S/c1-8-4-6-11(7-5-8)9(2)13-18(16,17)10(3)12(14)15/h4-7,9-10,13H,1-3H3,(H,14,15)/t9-,10?/m1/s1. The molecule has 18 heavy (non-hydrogen) atoms. The lowest BCUT2D eigenvalue weighted by Crippen LogP contribution is -2.38. The molecule has 0 radical (unpaired) electrons. The van der Waals surface area contributed by atoms with E-state index in [1.54, 1.807) is 6.92 Å². The van der Waals surface area contributed by atoms with Gasteiger partial charge in [0.25, 0.3) is 0 Å². The average molecular weight is 271 g/mol. The van der Waals surface area contributed by atoms with Crippen molar-refractivity contribution in [2.45, 2.75) is 32.1 Å². The van der Waals surface area contributed by atoms with Gasteiger partial charge in [-0.25, -0.2) is 13.1 Å². The summed E-state index contributed by atoms with van der Waals surface area (Å²) in [5.41, 5.74) is 1.87. The lowest BCUT2D eigenvalue weighted by Gasteiger charge is -2.16. The second-order valence-electron chi connectivity index (χ2n) is 4.28. The zero-order chi connectivity index (χ0) is 13.9. The molecule has 0 aromatic heterocycles. The minimum atomic E-state index is -3.87. The number of hydrogen-bond acceptors (Lipinski definition) is 3. The molecule has 100 valence electrons. The van der Waals surface area contributed by atoms with Gasteiger partial charge < -0.3 is 5.11 Å². The summed E-state index contributed by atoms with van der Waals surface area (Å²) in [5, 5.41) is 7.25. The molecular weight excluding hydrogens is 254 g/mol. The van der Waals surface area contributed by atoms with Crippen molar-refractivity contribution in [3.8, 4) is 0 Å². The highest BCUT2D eigenvalue weighted by Gasteiger charge is 2.29. The first-order valence-corrected chi connectivity index (χ1v) is 7.09. The number of benzene rings is 1. The zero-order valence-electron chi connectivity index (χ0n) is 10.5. The fraction of sp³-hybridized carbons (Fsp3) is 0.417. The van der Waals surface area contributed by atoms with Crippen molar-refractivity contribution < 1.29 is 18.3 Å². The molecule has 0 bridgehead atoms. The Bertz CT molecular complexity index is 522. The number of carboxylic acid groups (broad SMARTS) is 1. The molecule has 5 nitrogen and oxygen atoms in total. The fourth-order valence-corrected chi connectivity index (χ4v) is 2.50. The Morgan fingerprint density at radius 3 is 2.17 bits per heavy atom. The molecule has 1 aromatic carbocycles. The number of aryl methyl sites for hydroxylation is 1. The summed E-state index contributed by atoms with van der Waals surface area (Å²) in [7, 11) is -3.87. The second-order valence-corrected chi connectivity index (χ2v) is 6.31. The number of sulfonamides is 1. The van der Waals surface area contributed by atoms with Crippen LogP contribution in [0, 0.1) is 6.92 Å². The van der Waals surface area contributed by atoms with Gasteiger partial charge in [0.15, 0.2) is 5.25 Å². The zero-order valence-corrected chi connectivity index (χ0v) is 11.4. The normalized spacial score (nSPS) is 15.1. The van der Waals surface area contributed by atoms with E-state index < -0.39 is 27.3 Å². The van der Waals surface area contributed by atoms with E-state index in [0.717, 1.165) is 18.1 Å². The predicted octanol–water partition coefficient (Wildman–Crippen LogP) is 1.45. The lowest BCUT2D eigenvalue weighted by atomic mass is 10.1. The lowest BCUT2D eigenvalue weighted by molar-refractivity contribution is -0.136. The number of aliphatic carboxylic acids is 1. The topological polar surface area (TPSA) is 83.5 Å². The molecule has 0 spiro atoms. The van der Waals surface area contributed by atoms with Gasteiger partial charge in [-0.15, -0.1) is 0 Å². The van der Waals surface area contributed by atoms with Crippen LogP contribution in [0.25, 0.3) is 0 Å². The Labute approximate surface area is 107 Å². The molecule has 1 rings (SSSR count). The third-order valence-electron chi connectivity index (χ3n) is 2.73. The third kappa shape index (κ3) is 3.54. The molecule has 2 N–H and O–H groups in total. The Balaban J connectivity index is 2.85. The van der Waals surface area contributed by atoms with E-state index in [1.807, 2.05) is 31.2 Å². The van der Waals surface area contributed by atoms with Crippen LogP contribution in [0.2, 0.25) is 0 Å². The smallest absolute Gasteiger partial charge is 0.323 e. The van der Waals surface area contributed by atoms with E-state index in [0.29, 0.717) is 0 Å². The van der Waals surface area contributed by atoms with Gasteiger partial charge in [0.2, 0.25) is 10.0 Å². The van der Waals surface area contributed by atoms with Gasteiger partial charge in [-0.05, 0) is 26.3 Å². The fourth-order valence-electron chi connectivity index (χ4n) is 1.40. The van der Waals surface area contributed by atoms with Gasteiger partial charge in [0.1, 0.15) is 0 Å². The summed E-state index contributed by atoms with van der Waals surface area (Å²) in [6, 6.07) is 6.92. The Hall–Kier alpha value is -1.40. The van der Waals surface area contributed by atoms with Crippen LogP contribution in [0.3, 0.4) is 0 Å². The first-order chi connectivity index (χ1) is 8.24. The molecule has 0 saturated carbocycles. The maximum Gasteiger partial charge on any atom is 0.323 e. The van der Waals surface area contributed by atoms with E-state index in [4.69, 9.17) is 5.11 Å². The first kappa shape index (κ1) is 14.7. The minimum Gasteiger partial charge on any atom is -0.480 e. The first-order valence-electron chi connectivity index (χ1n) is 5.54. The van der Waals surface area contributed by atoms with Crippen molar-refractivity contribution >= 4 is 16.0 Å². The van der Waals surface area contributed by atoms with Crippen LogP contribution in [0.1, 0.15) is 31.0 Å². The monoisotopic (exact) mass is 271 g/mol. The van der Waals surface area contributed by atoms with Crippen molar-refractivity contribution in [2.75, 3.05) is 0 Å². The van der Waals surface area contributed by atoms with Crippen LogP contribution in [-0.4, -0.2) is 24.7 Å². The molecule has 1 unspecified atom stereocenters. The third-order valence-corrected chi connectivity index (χ3v) is 4.55. The molecule has 0 aliphatic rings. The van der Waals surface area contributed by atoms with Crippen molar-refractivity contribution in [3.63, 3.8) is 0 Å². The quantitative estimate of drug-likeness (QED) is 0.849. The van der Waals surface area contributed by atoms with Gasteiger partial charge in [-0.2, -0.15) is 0 Å². The summed E-state index contributed by atoms with van der Waals surface area (Å²) < 4.78 is 25.8. The molecule has 2 atom stereocenters. The Morgan fingerprint density at radius 2 is 1.72 bits per heavy atom. The highest BCUT2D eigenvalue weighted by atomic mass is 32.2. The molecule has 6 heteroatoms. The van der Waals surface area contributed by atoms with Crippen LogP contribution in [0.15, 0.2) is 24.3 Å². The van der Waals surface area contributed by atoms with E-state index in [1.165, 1.54) is 0 Å². The van der Waals surface area contributed by atoms with E-state index >= 15 is 0 Å². The van der Waals surface area contributed by atoms with Gasteiger partial charge in [0, 0.05) is 6.04 Å². The van der Waals surface area contributed by atoms with Crippen LogP contribution < -0.4 is 4.72 Å². The highest BCUT2D eigenvalue weighted by Crippen LogP contribution is 2.15. The summed E-state index contributed by atoms with van der Waals surface area (Å²) in [4.78, 5) is 10.7. The molecule has 1 aromatic rings. The molecule has 0 heterocycles. The molecule has 0 fully saturated rings. The Morgan fingerprint density at radius 1 is 1.22 bits per heavy atom. The average Bonchev–Trinajstić information content (AvgIpc) is 2.28. The van der Waals surface area contributed by atoms with Crippen LogP contribution in [-0.2, 0) is 14.8 Å². The second kappa shape index (κ2) is 5.49. The van der Waals surface area contributed by atoms with Crippen LogP contribution in [0.4, 0.5) is 0 Å². The minimum absolute atomic E-state index is 0.461. The predicted molar refractivity (Wildman–Crippen MR) is 68.7 cm³/mol. The van der Waals surface area contributed by atoms with E-state index in [2.05, 4.69) is 4.72 Å². The van der Waals surface area contributed by atoms with Crippen molar-refractivity contribution in [1.29, 1.82) is 0 Å². The van der Waals surface area contributed by atoms with E-state index in [-0.39, 0.29) is 0 Å². The maximum absolute atomic E-state index is 11.7. The van der Waals surface area contributed by atoms with E-state index in [9.17, 15) is 13.2 Å². The van der Waals surface area contributed by atoms with Crippen molar-refractivity contribution in [2.24, 2.45) is 0 Å². The highest BCUT2D eigenvalue weighted by molar-refractivity contribution is 7.90. The van der Waals surface area contributed by atoms with Gasteiger partial charge >= 0.3 is 5.97 Å². The van der Waals surface area contributed by atoms with Gasteiger partial charge in [0.05, 0.1) is 0 Å². The summed E-state index contributed by atoms with van der Waals surface area (Å²) in [6.45, 7) is 4.76.